The minimum absolute atomic E-state index is 0.321. The fourth-order valence-electron chi connectivity index (χ4n) is 2.96. The van der Waals surface area contributed by atoms with E-state index in [1.54, 1.807) is 44.4 Å². The number of methoxy groups -OCH3 is 2. The molecule has 1 N–H and O–H groups in total. The number of nitrogens with one attached hydrogen (secondary N) is 1. The molecule has 0 heterocycles. The molecule has 0 aliphatic carbocycles. The van der Waals surface area contributed by atoms with Crippen LogP contribution in [0.25, 0.3) is 0 Å². The van der Waals surface area contributed by atoms with Gasteiger partial charge in [-0.3, -0.25) is 9.10 Å². The van der Waals surface area contributed by atoms with Gasteiger partial charge in [0.2, 0.25) is 15.9 Å². The van der Waals surface area contributed by atoms with Gasteiger partial charge in [0.1, 0.15) is 6.04 Å². The first-order valence-corrected chi connectivity index (χ1v) is 11.1. The molecule has 0 aliphatic heterocycles. The first kappa shape index (κ1) is 22.8. The number of carbonyl (C=O) groups excluding carboxylic acids is 1. The van der Waals surface area contributed by atoms with Crippen molar-refractivity contribution in [2.45, 2.75) is 25.9 Å². The monoisotopic (exact) mass is 440 g/mol. The average molecular weight is 441 g/mol. The zero-order valence-electron chi connectivity index (χ0n) is 17.0. The van der Waals surface area contributed by atoms with Crippen molar-refractivity contribution in [3.05, 3.63) is 53.1 Å². The van der Waals surface area contributed by atoms with Crippen LogP contribution in [0.5, 0.6) is 11.5 Å². The lowest BCUT2D eigenvalue weighted by atomic mass is 10.1. The molecule has 2 atom stereocenters. The molecule has 29 heavy (non-hydrogen) atoms. The Balaban J connectivity index is 2.25. The average Bonchev–Trinajstić information content (AvgIpc) is 2.66. The van der Waals surface area contributed by atoms with Crippen molar-refractivity contribution in [1.29, 1.82) is 0 Å². The number of anilines is 1. The van der Waals surface area contributed by atoms with Crippen molar-refractivity contribution >= 4 is 33.2 Å². The minimum atomic E-state index is -3.72. The number of hydrogen-bond acceptors (Lipinski definition) is 5. The summed E-state index contributed by atoms with van der Waals surface area (Å²) in [6.07, 6.45) is 1.05. The highest BCUT2D eigenvalue weighted by molar-refractivity contribution is 7.92. The van der Waals surface area contributed by atoms with Gasteiger partial charge < -0.3 is 14.8 Å². The van der Waals surface area contributed by atoms with Crippen molar-refractivity contribution in [2.75, 3.05) is 24.8 Å². The van der Waals surface area contributed by atoms with Crippen LogP contribution in [0.15, 0.2) is 42.5 Å². The number of carbonyl (C=O) groups is 1. The molecule has 7 nitrogen and oxygen atoms in total. The Morgan fingerprint density at radius 1 is 1.07 bits per heavy atom. The molecule has 2 aromatic rings. The minimum Gasteiger partial charge on any atom is -0.493 e. The fraction of sp³-hybridized carbons (Fsp3) is 0.350. The van der Waals surface area contributed by atoms with E-state index < -0.39 is 22.0 Å². The second kappa shape index (κ2) is 9.37. The molecule has 9 heteroatoms. The Hall–Kier alpha value is -2.45. The SMILES string of the molecule is COc1ccc(C(C)NC(=O)C(C)N(c2cccc(Cl)c2)S(C)(=O)=O)cc1OC. The molecule has 0 saturated heterocycles. The number of sulfonamides is 1. The smallest absolute Gasteiger partial charge is 0.244 e. The van der Waals surface area contributed by atoms with Gasteiger partial charge in [-0.15, -0.1) is 0 Å². The van der Waals surface area contributed by atoms with Crippen molar-refractivity contribution in [3.63, 3.8) is 0 Å². The molecule has 0 bridgehead atoms. The van der Waals surface area contributed by atoms with Crippen LogP contribution in [0.1, 0.15) is 25.5 Å². The number of benzene rings is 2. The van der Waals surface area contributed by atoms with Gasteiger partial charge in [0.05, 0.1) is 32.2 Å². The second-order valence-corrected chi connectivity index (χ2v) is 8.86. The first-order chi connectivity index (χ1) is 13.6. The Kier molecular flexibility index (Phi) is 7.37. The summed E-state index contributed by atoms with van der Waals surface area (Å²) in [5.41, 5.74) is 1.11. The molecule has 0 saturated carbocycles. The van der Waals surface area contributed by atoms with Crippen molar-refractivity contribution in [3.8, 4) is 11.5 Å². The molecule has 0 aliphatic rings. The molecule has 1 amide bonds. The van der Waals surface area contributed by atoms with Gasteiger partial charge in [0.25, 0.3) is 0 Å². The molecule has 2 aromatic carbocycles. The highest BCUT2D eigenvalue weighted by Crippen LogP contribution is 2.30. The maximum absolute atomic E-state index is 12.8. The topological polar surface area (TPSA) is 84.9 Å². The van der Waals surface area contributed by atoms with E-state index in [-0.39, 0.29) is 6.04 Å². The van der Waals surface area contributed by atoms with Gasteiger partial charge in [-0.1, -0.05) is 23.7 Å². The lowest BCUT2D eigenvalue weighted by Crippen LogP contribution is -2.48. The number of hydrogen-bond donors (Lipinski definition) is 1. The number of ether oxygens (including phenoxy) is 2. The Morgan fingerprint density at radius 3 is 2.28 bits per heavy atom. The molecule has 0 spiro atoms. The van der Waals surface area contributed by atoms with E-state index in [0.29, 0.717) is 22.2 Å². The van der Waals surface area contributed by atoms with Gasteiger partial charge in [-0.05, 0) is 49.7 Å². The Labute approximate surface area is 176 Å². The number of amides is 1. The zero-order chi connectivity index (χ0) is 21.8. The molecular weight excluding hydrogens is 416 g/mol. The van der Waals surface area contributed by atoms with E-state index in [0.717, 1.165) is 16.1 Å². The Bertz CT molecular complexity index is 981. The second-order valence-electron chi connectivity index (χ2n) is 6.56. The molecule has 2 unspecified atom stereocenters. The van der Waals surface area contributed by atoms with Gasteiger partial charge >= 0.3 is 0 Å². The van der Waals surface area contributed by atoms with E-state index in [2.05, 4.69) is 5.32 Å². The van der Waals surface area contributed by atoms with Crippen LogP contribution < -0.4 is 19.1 Å². The summed E-state index contributed by atoms with van der Waals surface area (Å²) in [5, 5.41) is 3.22. The fourth-order valence-corrected chi connectivity index (χ4v) is 4.31. The van der Waals surface area contributed by atoms with Gasteiger partial charge in [0.15, 0.2) is 11.5 Å². The van der Waals surface area contributed by atoms with Crippen LogP contribution in [0.2, 0.25) is 5.02 Å². The van der Waals surface area contributed by atoms with Gasteiger partial charge in [-0.25, -0.2) is 8.42 Å². The summed E-state index contributed by atoms with van der Waals surface area (Å²) in [5.74, 6) is 0.667. The summed E-state index contributed by atoms with van der Waals surface area (Å²) in [4.78, 5) is 12.8. The molecule has 2 rings (SSSR count). The third kappa shape index (κ3) is 5.55. The van der Waals surface area contributed by atoms with Crippen molar-refractivity contribution in [1.82, 2.24) is 5.32 Å². The summed E-state index contributed by atoms with van der Waals surface area (Å²) < 4.78 is 36.3. The molecule has 158 valence electrons. The predicted molar refractivity (Wildman–Crippen MR) is 114 cm³/mol. The molecular formula is C20H25ClN2O5S. The molecule has 0 fully saturated rings. The third-order valence-electron chi connectivity index (χ3n) is 4.42. The lowest BCUT2D eigenvalue weighted by Gasteiger charge is -2.29. The Morgan fingerprint density at radius 2 is 1.72 bits per heavy atom. The molecule has 0 radical (unpaired) electrons. The number of nitrogens with zero attached hydrogens (tertiary/aromatic N) is 1. The van der Waals surface area contributed by atoms with E-state index in [4.69, 9.17) is 21.1 Å². The van der Waals surface area contributed by atoms with E-state index >= 15 is 0 Å². The van der Waals surface area contributed by atoms with Crippen molar-refractivity contribution < 1.29 is 22.7 Å². The van der Waals surface area contributed by atoms with Crippen LogP contribution in [0.4, 0.5) is 5.69 Å². The van der Waals surface area contributed by atoms with E-state index in [1.165, 1.54) is 20.1 Å². The van der Waals surface area contributed by atoms with Crippen LogP contribution >= 0.6 is 11.6 Å². The highest BCUT2D eigenvalue weighted by Gasteiger charge is 2.30. The summed E-state index contributed by atoms with van der Waals surface area (Å²) in [6, 6.07) is 10.3. The zero-order valence-corrected chi connectivity index (χ0v) is 18.5. The highest BCUT2D eigenvalue weighted by atomic mass is 35.5. The largest absolute Gasteiger partial charge is 0.493 e. The molecule has 0 aromatic heterocycles. The van der Waals surface area contributed by atoms with E-state index in [9.17, 15) is 13.2 Å². The quantitative estimate of drug-likeness (QED) is 0.680. The standard InChI is InChI=1S/C20H25ClN2O5S/c1-13(15-9-10-18(27-3)19(11-15)28-4)22-20(24)14(2)23(29(5,25)26)17-8-6-7-16(21)12-17/h6-14H,1-5H3,(H,22,24). The number of rotatable bonds is 8. The number of halogens is 1. The first-order valence-electron chi connectivity index (χ1n) is 8.85. The third-order valence-corrected chi connectivity index (χ3v) is 5.89. The van der Waals surface area contributed by atoms with Crippen molar-refractivity contribution in [2.24, 2.45) is 0 Å². The van der Waals surface area contributed by atoms with Crippen LogP contribution in [0, 0.1) is 0 Å². The van der Waals surface area contributed by atoms with Crippen LogP contribution in [-0.2, 0) is 14.8 Å². The van der Waals surface area contributed by atoms with Crippen LogP contribution in [0.3, 0.4) is 0 Å². The van der Waals surface area contributed by atoms with Gasteiger partial charge in [-0.2, -0.15) is 0 Å². The van der Waals surface area contributed by atoms with E-state index in [1.807, 2.05) is 6.07 Å². The lowest BCUT2D eigenvalue weighted by molar-refractivity contribution is -0.122. The maximum Gasteiger partial charge on any atom is 0.244 e. The summed E-state index contributed by atoms with van der Waals surface area (Å²) >= 11 is 6.00. The van der Waals surface area contributed by atoms with Gasteiger partial charge in [0, 0.05) is 5.02 Å². The normalized spacial score (nSPS) is 13.3. The summed E-state index contributed by atoms with van der Waals surface area (Å²) in [7, 11) is -0.650. The predicted octanol–water partition coefficient (Wildman–Crippen LogP) is 3.39. The van der Waals surface area contributed by atoms with Crippen LogP contribution in [-0.4, -0.2) is 40.8 Å². The maximum atomic E-state index is 12.8. The summed E-state index contributed by atoms with van der Waals surface area (Å²) in [6.45, 7) is 3.33.